The lowest BCUT2D eigenvalue weighted by molar-refractivity contribution is 0.475. The minimum atomic E-state index is -3.41. The zero-order valence-electron chi connectivity index (χ0n) is 10.5. The van der Waals surface area contributed by atoms with Gasteiger partial charge in [-0.05, 0) is 38.1 Å². The average molecular weight is 270 g/mol. The van der Waals surface area contributed by atoms with E-state index >= 15 is 0 Å². The first kappa shape index (κ1) is 13.2. The largest absolute Gasteiger partial charge is 0.508 e. The Bertz CT molecular complexity index is 523. The zero-order valence-corrected chi connectivity index (χ0v) is 11.4. The highest BCUT2D eigenvalue weighted by atomic mass is 32.2. The van der Waals surface area contributed by atoms with E-state index in [1.165, 1.54) is 16.4 Å². The number of benzene rings is 1. The highest BCUT2D eigenvalue weighted by Crippen LogP contribution is 2.28. The number of sulfonamides is 1. The third kappa shape index (κ3) is 2.18. The van der Waals surface area contributed by atoms with Gasteiger partial charge in [-0.3, -0.25) is 4.31 Å². The highest BCUT2D eigenvalue weighted by molar-refractivity contribution is 7.94. The van der Waals surface area contributed by atoms with Crippen LogP contribution in [0.2, 0.25) is 0 Å². The Labute approximate surface area is 107 Å². The average Bonchev–Trinajstić information content (AvgIpc) is 2.39. The van der Waals surface area contributed by atoms with Crippen LogP contribution in [0.3, 0.4) is 0 Å². The van der Waals surface area contributed by atoms with Crippen LogP contribution in [0.5, 0.6) is 5.75 Å². The summed E-state index contributed by atoms with van der Waals surface area (Å²) < 4.78 is 25.7. The van der Waals surface area contributed by atoms with Crippen LogP contribution in [0.1, 0.15) is 13.8 Å². The molecule has 0 amide bonds. The molecule has 0 spiro atoms. The van der Waals surface area contributed by atoms with Crippen LogP contribution in [-0.4, -0.2) is 37.9 Å². The van der Waals surface area contributed by atoms with Crippen molar-refractivity contribution in [3.8, 4) is 5.75 Å². The van der Waals surface area contributed by atoms with Crippen LogP contribution < -0.4 is 9.62 Å². The molecule has 1 fully saturated rings. The molecule has 0 bridgehead atoms. The summed E-state index contributed by atoms with van der Waals surface area (Å²) >= 11 is 0. The monoisotopic (exact) mass is 270 g/mol. The molecule has 1 aliphatic heterocycles. The van der Waals surface area contributed by atoms with E-state index in [2.05, 4.69) is 5.32 Å². The molecule has 0 unspecified atom stereocenters. The second kappa shape index (κ2) is 4.44. The van der Waals surface area contributed by atoms with E-state index in [0.29, 0.717) is 25.3 Å². The van der Waals surface area contributed by atoms with Crippen molar-refractivity contribution in [2.75, 3.05) is 23.9 Å². The number of phenols is 1. The number of phenolic OH excluding ortho intramolecular Hbond substituents is 1. The Balaban J connectivity index is 2.45. The van der Waals surface area contributed by atoms with Crippen LogP contribution in [0.4, 0.5) is 5.69 Å². The summed E-state index contributed by atoms with van der Waals surface area (Å²) in [6.07, 6.45) is 0. The zero-order chi connectivity index (χ0) is 13.4. The van der Waals surface area contributed by atoms with E-state index in [4.69, 9.17) is 0 Å². The van der Waals surface area contributed by atoms with E-state index < -0.39 is 14.8 Å². The van der Waals surface area contributed by atoms with Gasteiger partial charge in [-0.15, -0.1) is 0 Å². The third-order valence-electron chi connectivity index (χ3n) is 3.17. The number of nitrogens with zero attached hydrogens (tertiary/aromatic N) is 1. The molecule has 0 aromatic heterocycles. The van der Waals surface area contributed by atoms with Gasteiger partial charge >= 0.3 is 0 Å². The van der Waals surface area contributed by atoms with Gasteiger partial charge in [-0.2, -0.15) is 0 Å². The summed E-state index contributed by atoms with van der Waals surface area (Å²) in [5.41, 5.74) is 0.588. The van der Waals surface area contributed by atoms with E-state index in [-0.39, 0.29) is 5.75 Å². The molecule has 0 saturated carbocycles. The van der Waals surface area contributed by atoms with Crippen molar-refractivity contribution in [3.05, 3.63) is 24.3 Å². The van der Waals surface area contributed by atoms with Gasteiger partial charge in [-0.1, -0.05) is 0 Å². The number of hydrogen-bond acceptors (Lipinski definition) is 4. The number of aromatic hydroxyl groups is 1. The predicted octanol–water partition coefficient (Wildman–Crippen LogP) is 0.910. The lowest BCUT2D eigenvalue weighted by Crippen LogP contribution is -2.46. The highest BCUT2D eigenvalue weighted by Gasteiger charge is 2.40. The number of hydrogen-bond donors (Lipinski definition) is 2. The third-order valence-corrected chi connectivity index (χ3v) is 5.68. The van der Waals surface area contributed by atoms with Gasteiger partial charge in [0.2, 0.25) is 10.0 Å². The molecule has 1 aromatic carbocycles. The summed E-state index contributed by atoms with van der Waals surface area (Å²) in [4.78, 5) is 0. The Morgan fingerprint density at radius 1 is 1.28 bits per heavy atom. The van der Waals surface area contributed by atoms with Gasteiger partial charge in [0.05, 0.1) is 10.4 Å². The van der Waals surface area contributed by atoms with Crippen molar-refractivity contribution in [1.29, 1.82) is 0 Å². The minimum Gasteiger partial charge on any atom is -0.508 e. The molecule has 0 radical (unpaired) electrons. The van der Waals surface area contributed by atoms with Crippen LogP contribution in [0.25, 0.3) is 0 Å². The van der Waals surface area contributed by atoms with Crippen LogP contribution in [0, 0.1) is 0 Å². The van der Waals surface area contributed by atoms with Crippen LogP contribution in [-0.2, 0) is 10.0 Å². The van der Waals surface area contributed by atoms with Crippen molar-refractivity contribution in [1.82, 2.24) is 5.32 Å². The Morgan fingerprint density at radius 2 is 1.89 bits per heavy atom. The molecule has 1 saturated heterocycles. The smallest absolute Gasteiger partial charge is 0.241 e. The maximum Gasteiger partial charge on any atom is 0.241 e. The molecule has 2 rings (SSSR count). The first-order chi connectivity index (χ1) is 8.34. The molecule has 1 heterocycles. The van der Waals surface area contributed by atoms with Crippen LogP contribution >= 0.6 is 0 Å². The molecule has 0 aliphatic carbocycles. The van der Waals surface area contributed by atoms with Crippen molar-refractivity contribution in [2.45, 2.75) is 18.6 Å². The normalized spacial score (nSPS) is 22.4. The molecule has 2 N–H and O–H groups in total. The first-order valence-electron chi connectivity index (χ1n) is 5.87. The van der Waals surface area contributed by atoms with Gasteiger partial charge in [0.25, 0.3) is 0 Å². The van der Waals surface area contributed by atoms with Crippen molar-refractivity contribution >= 4 is 15.7 Å². The van der Waals surface area contributed by atoms with Gasteiger partial charge in [0.1, 0.15) is 5.75 Å². The maximum atomic E-state index is 12.6. The van der Waals surface area contributed by atoms with Gasteiger partial charge in [0, 0.05) is 19.6 Å². The number of nitrogens with one attached hydrogen (secondary N) is 1. The number of anilines is 1. The number of rotatable bonds is 1. The summed E-state index contributed by atoms with van der Waals surface area (Å²) in [5, 5.41) is 12.4. The molecule has 6 heteroatoms. The van der Waals surface area contributed by atoms with E-state index in [1.54, 1.807) is 26.0 Å². The van der Waals surface area contributed by atoms with Crippen LogP contribution in [0.15, 0.2) is 24.3 Å². The molecule has 18 heavy (non-hydrogen) atoms. The quantitative estimate of drug-likeness (QED) is 0.796. The summed E-state index contributed by atoms with van der Waals surface area (Å²) in [6, 6.07) is 6.23. The fourth-order valence-electron chi connectivity index (χ4n) is 1.97. The molecule has 1 aliphatic rings. The fraction of sp³-hybridized carbons (Fsp3) is 0.500. The minimum absolute atomic E-state index is 0.128. The van der Waals surface area contributed by atoms with Gasteiger partial charge in [-0.25, -0.2) is 8.42 Å². The standard InChI is InChI=1S/C12H18N2O3S/c1-12(2)9-13-7-8-14(18(12,16)17)10-3-5-11(15)6-4-10/h3-6,13,15H,7-9H2,1-2H3. The summed E-state index contributed by atoms with van der Waals surface area (Å²) in [7, 11) is -3.41. The van der Waals surface area contributed by atoms with E-state index in [9.17, 15) is 13.5 Å². The lowest BCUT2D eigenvalue weighted by Gasteiger charge is -2.30. The fourth-order valence-corrected chi connectivity index (χ4v) is 3.58. The molecular formula is C12H18N2O3S. The Kier molecular flexibility index (Phi) is 3.25. The molecule has 100 valence electrons. The second-order valence-electron chi connectivity index (χ2n) is 5.03. The summed E-state index contributed by atoms with van der Waals surface area (Å²) in [6.45, 7) is 4.88. The van der Waals surface area contributed by atoms with Crippen molar-refractivity contribution < 1.29 is 13.5 Å². The first-order valence-corrected chi connectivity index (χ1v) is 7.31. The van der Waals surface area contributed by atoms with Gasteiger partial charge < -0.3 is 10.4 Å². The molecular weight excluding hydrogens is 252 g/mol. The van der Waals surface area contributed by atoms with Gasteiger partial charge in [0.15, 0.2) is 0 Å². The second-order valence-corrected chi connectivity index (χ2v) is 7.53. The lowest BCUT2D eigenvalue weighted by atomic mass is 10.2. The maximum absolute atomic E-state index is 12.6. The molecule has 1 aromatic rings. The van der Waals surface area contributed by atoms with Crippen molar-refractivity contribution in [2.24, 2.45) is 0 Å². The van der Waals surface area contributed by atoms with E-state index in [1.807, 2.05) is 0 Å². The SMILES string of the molecule is CC1(C)CNCCN(c2ccc(O)cc2)S1(=O)=O. The Hall–Kier alpha value is -1.27. The summed E-state index contributed by atoms with van der Waals surface area (Å²) in [5.74, 6) is 0.128. The molecule has 0 atom stereocenters. The van der Waals surface area contributed by atoms with Crippen molar-refractivity contribution in [3.63, 3.8) is 0 Å². The Morgan fingerprint density at radius 3 is 2.50 bits per heavy atom. The van der Waals surface area contributed by atoms with E-state index in [0.717, 1.165) is 0 Å². The predicted molar refractivity (Wildman–Crippen MR) is 71.3 cm³/mol. The topological polar surface area (TPSA) is 69.6 Å². The molecule has 5 nitrogen and oxygen atoms in total.